The van der Waals surface area contributed by atoms with E-state index in [2.05, 4.69) is 25.4 Å². The van der Waals surface area contributed by atoms with E-state index in [1.54, 1.807) is 21.1 Å². The summed E-state index contributed by atoms with van der Waals surface area (Å²) in [5, 5.41) is 11.5. The highest BCUT2D eigenvalue weighted by Gasteiger charge is 2.37. The molecule has 38 heavy (non-hydrogen) atoms. The molecule has 10 heteroatoms. The Bertz CT molecular complexity index is 1350. The summed E-state index contributed by atoms with van der Waals surface area (Å²) >= 11 is 8.67. The van der Waals surface area contributed by atoms with Gasteiger partial charge in [0, 0.05) is 36.6 Å². The Kier molecular flexibility index (Phi) is 8.14. The maximum atomic E-state index is 13.7. The quantitative estimate of drug-likeness (QED) is 0.247. The number of benzene rings is 2. The monoisotopic (exact) mass is 604 g/mol. The number of ether oxygens (including phenoxy) is 4. The van der Waals surface area contributed by atoms with Crippen LogP contribution < -0.4 is 9.47 Å². The Morgan fingerprint density at radius 1 is 1.18 bits per heavy atom. The predicted molar refractivity (Wildman–Crippen MR) is 152 cm³/mol. The van der Waals surface area contributed by atoms with E-state index in [0.29, 0.717) is 46.9 Å². The van der Waals surface area contributed by atoms with Gasteiger partial charge < -0.3 is 28.6 Å². The molecule has 2 fully saturated rings. The first-order chi connectivity index (χ1) is 18.4. The van der Waals surface area contributed by atoms with Crippen LogP contribution in [-0.4, -0.2) is 67.7 Å². The number of aromatic nitrogens is 1. The summed E-state index contributed by atoms with van der Waals surface area (Å²) in [5.41, 5.74) is 3.66. The van der Waals surface area contributed by atoms with Gasteiger partial charge >= 0.3 is 5.97 Å². The number of thiol groups is 1. The maximum Gasteiger partial charge on any atom is 0.340 e. The van der Waals surface area contributed by atoms with Crippen LogP contribution in [0.1, 0.15) is 58.2 Å². The fourth-order valence-corrected chi connectivity index (χ4v) is 6.12. The van der Waals surface area contributed by atoms with Gasteiger partial charge in [-0.1, -0.05) is 6.07 Å². The molecule has 2 aliphatic rings. The number of esters is 1. The summed E-state index contributed by atoms with van der Waals surface area (Å²) < 4.78 is 24.9. The van der Waals surface area contributed by atoms with Crippen molar-refractivity contribution >= 4 is 45.4 Å². The van der Waals surface area contributed by atoms with E-state index < -0.39 is 11.2 Å². The highest BCUT2D eigenvalue weighted by Crippen LogP contribution is 2.49. The van der Waals surface area contributed by atoms with E-state index in [4.69, 9.17) is 31.6 Å². The first-order valence-corrected chi connectivity index (χ1v) is 14.2. The zero-order valence-electron chi connectivity index (χ0n) is 21.8. The van der Waals surface area contributed by atoms with Gasteiger partial charge in [-0.05, 0) is 59.5 Å². The first-order valence-electron chi connectivity index (χ1n) is 12.8. The summed E-state index contributed by atoms with van der Waals surface area (Å²) in [6.07, 6.45) is 2.01. The van der Waals surface area contributed by atoms with Crippen LogP contribution in [0.2, 0.25) is 0 Å². The lowest BCUT2D eigenvalue weighted by Crippen LogP contribution is -2.35. The SMILES string of the molecule is CCOC(=O)c1c(C(S)c2ccc(OC)c(OC)c2)n(C2CC2)c2cc(Br)c(O)c(CN3CCOCC3)c12. The molecule has 1 saturated heterocycles. The van der Waals surface area contributed by atoms with Crippen molar-refractivity contribution in [3.8, 4) is 17.2 Å². The van der Waals surface area contributed by atoms with Gasteiger partial charge in [-0.25, -0.2) is 4.79 Å². The molecule has 0 bridgehead atoms. The fraction of sp³-hybridized carbons (Fsp3) is 0.464. The third kappa shape index (κ3) is 4.99. The number of carbonyl (C=O) groups is 1. The zero-order valence-corrected chi connectivity index (χ0v) is 24.3. The summed E-state index contributed by atoms with van der Waals surface area (Å²) in [7, 11) is 3.19. The second kappa shape index (κ2) is 11.4. The number of carbonyl (C=O) groups excluding carboxylic acids is 1. The molecule has 1 aliphatic heterocycles. The predicted octanol–water partition coefficient (Wildman–Crippen LogP) is 5.49. The second-order valence-electron chi connectivity index (χ2n) is 9.57. The third-order valence-electron chi connectivity index (χ3n) is 7.22. The molecule has 8 nitrogen and oxygen atoms in total. The molecule has 3 aromatic rings. The summed E-state index contributed by atoms with van der Waals surface area (Å²) in [6.45, 7) is 5.29. The molecule has 0 amide bonds. The van der Waals surface area contributed by atoms with E-state index in [1.165, 1.54) is 0 Å². The average Bonchev–Trinajstić information content (AvgIpc) is 3.72. The number of rotatable bonds is 9. The van der Waals surface area contributed by atoms with Crippen LogP contribution in [0.5, 0.6) is 17.2 Å². The minimum atomic E-state index is -0.459. The lowest BCUT2D eigenvalue weighted by Gasteiger charge is -2.27. The number of phenolic OH excluding ortho intramolecular Hbond substituents is 1. The van der Waals surface area contributed by atoms with Crippen LogP contribution >= 0.6 is 28.6 Å². The molecule has 0 spiro atoms. The first kappa shape index (κ1) is 27.2. The number of aromatic hydroxyl groups is 1. The number of hydrogen-bond donors (Lipinski definition) is 2. The Morgan fingerprint density at radius 2 is 1.89 bits per heavy atom. The molecule has 1 unspecified atom stereocenters. The normalized spacial score (nSPS) is 17.0. The zero-order chi connectivity index (χ0) is 27.0. The second-order valence-corrected chi connectivity index (χ2v) is 10.9. The minimum Gasteiger partial charge on any atom is -0.506 e. The molecule has 1 aromatic heterocycles. The van der Waals surface area contributed by atoms with Crippen molar-refractivity contribution in [2.24, 2.45) is 0 Å². The van der Waals surface area contributed by atoms with Gasteiger partial charge in [-0.2, -0.15) is 12.6 Å². The van der Waals surface area contributed by atoms with Gasteiger partial charge in [-0.15, -0.1) is 0 Å². The Balaban J connectivity index is 1.77. The molecular weight excluding hydrogens is 572 g/mol. The lowest BCUT2D eigenvalue weighted by atomic mass is 9.99. The van der Waals surface area contributed by atoms with Crippen LogP contribution in [-0.2, 0) is 16.0 Å². The van der Waals surface area contributed by atoms with Gasteiger partial charge in [0.05, 0.1) is 60.5 Å². The number of methoxy groups -OCH3 is 2. The number of nitrogens with zero attached hydrogens (tertiary/aromatic N) is 2. The van der Waals surface area contributed by atoms with Crippen LogP contribution in [0.25, 0.3) is 10.9 Å². The van der Waals surface area contributed by atoms with Crippen molar-refractivity contribution in [3.05, 3.63) is 51.1 Å². The average molecular weight is 606 g/mol. The molecule has 2 aromatic carbocycles. The Labute approximate surface area is 236 Å². The molecule has 1 saturated carbocycles. The third-order valence-corrected chi connectivity index (χ3v) is 8.37. The van der Waals surface area contributed by atoms with Gasteiger partial charge in [0.1, 0.15) is 5.75 Å². The van der Waals surface area contributed by atoms with Gasteiger partial charge in [-0.3, -0.25) is 4.90 Å². The standard InChI is InChI=1S/C28H33BrN2O6S/c1-4-37-28(33)24-23-18(15-30-9-11-36-12-10-30)26(32)19(29)14-20(23)31(17-6-7-17)25(24)27(38)16-5-8-21(34-2)22(13-16)35-3/h5,8,13-14,17,27,32,38H,4,6-7,9-12,15H2,1-3H3. The molecule has 0 radical (unpaired) electrons. The summed E-state index contributed by atoms with van der Waals surface area (Å²) in [5.74, 6) is 0.920. The summed E-state index contributed by atoms with van der Waals surface area (Å²) in [4.78, 5) is 15.9. The van der Waals surface area contributed by atoms with Crippen molar-refractivity contribution in [1.29, 1.82) is 0 Å². The van der Waals surface area contributed by atoms with Crippen LogP contribution in [0.15, 0.2) is 28.7 Å². The highest BCUT2D eigenvalue weighted by atomic mass is 79.9. The highest BCUT2D eigenvalue weighted by molar-refractivity contribution is 9.10. The number of phenols is 1. The number of hydrogen-bond acceptors (Lipinski definition) is 8. The van der Waals surface area contributed by atoms with E-state index >= 15 is 0 Å². The smallest absolute Gasteiger partial charge is 0.340 e. The molecule has 1 aliphatic carbocycles. The minimum absolute atomic E-state index is 0.135. The van der Waals surface area contributed by atoms with Gasteiger partial charge in [0.2, 0.25) is 0 Å². The van der Waals surface area contributed by atoms with Gasteiger partial charge in [0.25, 0.3) is 0 Å². The molecule has 2 heterocycles. The Hall–Kier alpha value is -2.40. The van der Waals surface area contributed by atoms with E-state index in [1.807, 2.05) is 24.3 Å². The lowest BCUT2D eigenvalue weighted by molar-refractivity contribution is 0.0340. The molecule has 204 valence electrons. The van der Waals surface area contributed by atoms with Crippen molar-refractivity contribution in [2.45, 2.75) is 37.6 Å². The molecular formula is C28H33BrN2O6S. The van der Waals surface area contributed by atoms with E-state index in [0.717, 1.165) is 48.1 Å². The van der Waals surface area contributed by atoms with Crippen LogP contribution in [0.3, 0.4) is 0 Å². The van der Waals surface area contributed by atoms with E-state index in [9.17, 15) is 9.90 Å². The molecule has 5 rings (SSSR count). The Morgan fingerprint density at radius 3 is 2.53 bits per heavy atom. The topological polar surface area (TPSA) is 82.4 Å². The largest absolute Gasteiger partial charge is 0.506 e. The fourth-order valence-electron chi connectivity index (χ4n) is 5.25. The van der Waals surface area contributed by atoms with Crippen LogP contribution in [0, 0.1) is 0 Å². The summed E-state index contributed by atoms with van der Waals surface area (Å²) in [6, 6.07) is 7.82. The van der Waals surface area contributed by atoms with Crippen molar-refractivity contribution in [2.75, 3.05) is 47.1 Å². The van der Waals surface area contributed by atoms with E-state index in [-0.39, 0.29) is 18.4 Å². The van der Waals surface area contributed by atoms with Crippen molar-refractivity contribution in [1.82, 2.24) is 9.47 Å². The van der Waals surface area contributed by atoms with Crippen molar-refractivity contribution < 1.29 is 28.8 Å². The number of morpholine rings is 1. The number of halogens is 1. The van der Waals surface area contributed by atoms with Crippen LogP contribution in [0.4, 0.5) is 0 Å². The maximum absolute atomic E-state index is 13.7. The van der Waals surface area contributed by atoms with Gasteiger partial charge in [0.15, 0.2) is 11.5 Å². The number of fused-ring (bicyclic) bond motifs is 1. The van der Waals surface area contributed by atoms with Crippen molar-refractivity contribution in [3.63, 3.8) is 0 Å². The molecule has 1 atom stereocenters. The molecule has 1 N–H and O–H groups in total.